The molecule has 0 radical (unpaired) electrons. The van der Waals surface area contributed by atoms with Crippen LogP contribution < -0.4 is 10.6 Å². The largest absolute Gasteiger partial charge is 0.347 e. The van der Waals surface area contributed by atoms with Crippen LogP contribution in [-0.4, -0.2) is 18.4 Å². The maximum atomic E-state index is 13.0. The molecule has 4 bridgehead atoms. The summed E-state index contributed by atoms with van der Waals surface area (Å²) in [7, 11) is 0. The fourth-order valence-corrected chi connectivity index (χ4v) is 6.27. The molecule has 2 N–H and O–H groups in total. The maximum Gasteiger partial charge on any atom is 0.243 e. The van der Waals surface area contributed by atoms with Gasteiger partial charge in [-0.25, -0.2) is 0 Å². The molecule has 4 aliphatic carbocycles. The van der Waals surface area contributed by atoms with Gasteiger partial charge in [0, 0.05) is 16.5 Å². The van der Waals surface area contributed by atoms with Crippen LogP contribution in [0.1, 0.15) is 38.5 Å². The number of fused-ring (bicyclic) bond motifs is 1. The van der Waals surface area contributed by atoms with E-state index in [9.17, 15) is 9.59 Å². The second-order valence-electron chi connectivity index (χ2n) is 8.96. The molecule has 4 aliphatic rings. The van der Waals surface area contributed by atoms with Crippen molar-refractivity contribution in [2.45, 2.75) is 38.5 Å². The van der Waals surface area contributed by atoms with Crippen molar-refractivity contribution in [3.05, 3.63) is 42.5 Å². The molecule has 2 amide bonds. The zero-order chi connectivity index (χ0) is 18.4. The average molecular weight is 362 g/mol. The Hall–Kier alpha value is -2.36. The average Bonchev–Trinajstić information content (AvgIpc) is 2.65. The number of rotatable bonds is 4. The van der Waals surface area contributed by atoms with Crippen LogP contribution in [0, 0.1) is 23.2 Å². The maximum absolute atomic E-state index is 13.0. The lowest BCUT2D eigenvalue weighted by Crippen LogP contribution is -2.54. The van der Waals surface area contributed by atoms with Crippen LogP contribution in [0.5, 0.6) is 0 Å². The van der Waals surface area contributed by atoms with Crippen LogP contribution >= 0.6 is 0 Å². The SMILES string of the molecule is O=C(CNC(=O)C12CC3CC(CC(C3)C1)C2)Nc1cccc2ccccc12. The Labute approximate surface area is 159 Å². The third kappa shape index (κ3) is 3.01. The second kappa shape index (κ2) is 6.36. The van der Waals surface area contributed by atoms with E-state index in [-0.39, 0.29) is 23.8 Å². The first-order chi connectivity index (χ1) is 13.1. The van der Waals surface area contributed by atoms with Crippen LogP contribution in [-0.2, 0) is 9.59 Å². The van der Waals surface area contributed by atoms with Crippen LogP contribution in [0.3, 0.4) is 0 Å². The van der Waals surface area contributed by atoms with Gasteiger partial charge in [0.15, 0.2) is 0 Å². The van der Waals surface area contributed by atoms with E-state index in [0.717, 1.165) is 53.5 Å². The highest BCUT2D eigenvalue weighted by Gasteiger charge is 2.54. The first-order valence-electron chi connectivity index (χ1n) is 10.2. The van der Waals surface area contributed by atoms with Gasteiger partial charge in [0.05, 0.1) is 6.54 Å². The van der Waals surface area contributed by atoms with Crippen LogP contribution in [0.15, 0.2) is 42.5 Å². The summed E-state index contributed by atoms with van der Waals surface area (Å²) in [6, 6.07) is 13.8. The van der Waals surface area contributed by atoms with E-state index in [0.29, 0.717) is 0 Å². The van der Waals surface area contributed by atoms with Gasteiger partial charge in [-0.3, -0.25) is 9.59 Å². The van der Waals surface area contributed by atoms with Gasteiger partial charge in [0.2, 0.25) is 11.8 Å². The smallest absolute Gasteiger partial charge is 0.243 e. The lowest BCUT2D eigenvalue weighted by Gasteiger charge is -2.55. The number of hydrogen-bond acceptors (Lipinski definition) is 2. The summed E-state index contributed by atoms with van der Waals surface area (Å²) in [5.41, 5.74) is 0.594. The minimum Gasteiger partial charge on any atom is -0.347 e. The van der Waals surface area contributed by atoms with Crippen molar-refractivity contribution >= 4 is 28.3 Å². The van der Waals surface area contributed by atoms with Crippen molar-refractivity contribution in [2.75, 3.05) is 11.9 Å². The number of anilines is 1. The third-order valence-corrected chi connectivity index (χ3v) is 6.99. The first kappa shape index (κ1) is 16.8. The predicted molar refractivity (Wildman–Crippen MR) is 106 cm³/mol. The molecule has 2 aromatic rings. The highest BCUT2D eigenvalue weighted by atomic mass is 16.2. The third-order valence-electron chi connectivity index (χ3n) is 6.99. The van der Waals surface area contributed by atoms with E-state index in [2.05, 4.69) is 10.6 Å². The van der Waals surface area contributed by atoms with E-state index < -0.39 is 0 Å². The quantitative estimate of drug-likeness (QED) is 0.860. The normalized spacial score (nSPS) is 31.0. The van der Waals surface area contributed by atoms with Gasteiger partial charge in [-0.05, 0) is 67.7 Å². The van der Waals surface area contributed by atoms with Crippen molar-refractivity contribution in [1.82, 2.24) is 5.32 Å². The fraction of sp³-hybridized carbons (Fsp3) is 0.478. The Bertz CT molecular complexity index is 864. The fourth-order valence-electron chi connectivity index (χ4n) is 6.27. The lowest BCUT2D eigenvalue weighted by atomic mass is 9.49. The molecule has 2 aromatic carbocycles. The van der Waals surface area contributed by atoms with E-state index >= 15 is 0 Å². The molecule has 0 atom stereocenters. The summed E-state index contributed by atoms with van der Waals surface area (Å²) in [5.74, 6) is 2.13. The number of carbonyl (C=O) groups is 2. The topological polar surface area (TPSA) is 58.2 Å². The Balaban J connectivity index is 1.24. The zero-order valence-electron chi connectivity index (χ0n) is 15.5. The number of nitrogens with one attached hydrogen (secondary N) is 2. The zero-order valence-corrected chi connectivity index (χ0v) is 15.5. The van der Waals surface area contributed by atoms with Gasteiger partial charge in [-0.2, -0.15) is 0 Å². The molecule has 0 heterocycles. The number of carbonyl (C=O) groups excluding carboxylic acids is 2. The summed E-state index contributed by atoms with van der Waals surface area (Å²) >= 11 is 0. The Morgan fingerprint density at radius 2 is 1.52 bits per heavy atom. The summed E-state index contributed by atoms with van der Waals surface area (Å²) in [4.78, 5) is 25.4. The van der Waals surface area contributed by atoms with Gasteiger partial charge < -0.3 is 10.6 Å². The van der Waals surface area contributed by atoms with Gasteiger partial charge in [-0.1, -0.05) is 36.4 Å². The van der Waals surface area contributed by atoms with E-state index in [1.165, 1.54) is 19.3 Å². The van der Waals surface area contributed by atoms with Crippen molar-refractivity contribution in [2.24, 2.45) is 23.2 Å². The number of benzene rings is 2. The van der Waals surface area contributed by atoms with Gasteiger partial charge in [0.1, 0.15) is 0 Å². The van der Waals surface area contributed by atoms with Crippen molar-refractivity contribution < 1.29 is 9.59 Å². The van der Waals surface area contributed by atoms with E-state index in [1.54, 1.807) is 0 Å². The molecule has 4 nitrogen and oxygen atoms in total. The highest BCUT2D eigenvalue weighted by Crippen LogP contribution is 2.60. The number of amides is 2. The molecule has 4 fully saturated rings. The molecular weight excluding hydrogens is 336 g/mol. The molecule has 6 rings (SSSR count). The van der Waals surface area contributed by atoms with Crippen molar-refractivity contribution in [3.8, 4) is 0 Å². The Morgan fingerprint density at radius 3 is 2.22 bits per heavy atom. The molecular formula is C23H26N2O2. The Kier molecular flexibility index (Phi) is 3.96. The second-order valence-corrected chi connectivity index (χ2v) is 8.96. The Morgan fingerprint density at radius 1 is 0.889 bits per heavy atom. The minimum absolute atomic E-state index is 0.0454. The van der Waals surface area contributed by atoms with Crippen molar-refractivity contribution in [3.63, 3.8) is 0 Å². The summed E-state index contributed by atoms with van der Waals surface area (Å²) in [6.45, 7) is 0.0454. The van der Waals surface area contributed by atoms with E-state index in [4.69, 9.17) is 0 Å². The monoisotopic (exact) mass is 362 g/mol. The molecule has 0 aliphatic heterocycles. The predicted octanol–water partition coefficient (Wildman–Crippen LogP) is 4.11. The molecule has 4 saturated carbocycles. The molecule has 0 aromatic heterocycles. The molecule has 27 heavy (non-hydrogen) atoms. The van der Waals surface area contributed by atoms with Gasteiger partial charge >= 0.3 is 0 Å². The van der Waals surface area contributed by atoms with Gasteiger partial charge in [-0.15, -0.1) is 0 Å². The summed E-state index contributed by atoms with van der Waals surface area (Å²) in [5, 5.41) is 8.02. The summed E-state index contributed by atoms with van der Waals surface area (Å²) < 4.78 is 0. The van der Waals surface area contributed by atoms with Crippen molar-refractivity contribution in [1.29, 1.82) is 0 Å². The standard InChI is InChI=1S/C23H26N2O2/c26-21(25-20-7-3-5-18-4-1-2-6-19(18)20)14-24-22(27)23-11-15-8-16(12-23)10-17(9-15)13-23/h1-7,15-17H,8-14H2,(H,24,27)(H,25,26). The minimum atomic E-state index is -0.200. The molecule has 0 saturated heterocycles. The summed E-state index contributed by atoms with van der Waals surface area (Å²) in [6.07, 6.45) is 7.01. The van der Waals surface area contributed by atoms with Crippen LogP contribution in [0.2, 0.25) is 0 Å². The van der Waals surface area contributed by atoms with Crippen LogP contribution in [0.25, 0.3) is 10.8 Å². The highest BCUT2D eigenvalue weighted by molar-refractivity contribution is 6.03. The van der Waals surface area contributed by atoms with Gasteiger partial charge in [0.25, 0.3) is 0 Å². The molecule has 0 unspecified atom stereocenters. The first-order valence-corrected chi connectivity index (χ1v) is 10.2. The molecule has 0 spiro atoms. The number of hydrogen-bond donors (Lipinski definition) is 2. The lowest BCUT2D eigenvalue weighted by molar-refractivity contribution is -0.146. The van der Waals surface area contributed by atoms with E-state index in [1.807, 2.05) is 42.5 Å². The molecule has 140 valence electrons. The molecule has 4 heteroatoms. The van der Waals surface area contributed by atoms with Crippen LogP contribution in [0.4, 0.5) is 5.69 Å².